The van der Waals surface area contributed by atoms with Gasteiger partial charge in [0.05, 0.1) is 5.69 Å². The number of aromatic nitrogens is 4. The van der Waals surface area contributed by atoms with Crippen LogP contribution < -0.4 is 20.3 Å². The summed E-state index contributed by atoms with van der Waals surface area (Å²) in [7, 11) is 0. The number of carbonyl (C=O) groups is 1. The van der Waals surface area contributed by atoms with E-state index in [2.05, 4.69) is 20.4 Å². The van der Waals surface area contributed by atoms with Gasteiger partial charge in [-0.1, -0.05) is 12.1 Å². The molecule has 0 saturated heterocycles. The number of hydrogen-bond acceptors (Lipinski definition) is 6. The normalized spacial score (nSPS) is 10.7. The van der Waals surface area contributed by atoms with Crippen molar-refractivity contribution < 1.29 is 18.7 Å². The number of para-hydroxylation sites is 1. The van der Waals surface area contributed by atoms with E-state index in [-0.39, 0.29) is 30.3 Å². The fourth-order valence-electron chi connectivity index (χ4n) is 2.64. The number of ether oxygens (including phenoxy) is 2. The van der Waals surface area contributed by atoms with Crippen LogP contribution in [0.3, 0.4) is 0 Å². The zero-order chi connectivity index (χ0) is 20.9. The van der Waals surface area contributed by atoms with Crippen LogP contribution in [-0.2, 0) is 11.4 Å². The molecule has 30 heavy (non-hydrogen) atoms. The molecule has 9 nitrogen and oxygen atoms in total. The Labute approximate surface area is 169 Å². The van der Waals surface area contributed by atoms with E-state index in [0.29, 0.717) is 17.1 Å². The summed E-state index contributed by atoms with van der Waals surface area (Å²) in [5, 5.41) is 5.31. The lowest BCUT2D eigenvalue weighted by molar-refractivity contribution is -0.118. The molecule has 0 fully saturated rings. The summed E-state index contributed by atoms with van der Waals surface area (Å²) in [6.45, 7) is -0.239. The Balaban J connectivity index is 1.30. The first-order valence-corrected chi connectivity index (χ1v) is 8.90. The summed E-state index contributed by atoms with van der Waals surface area (Å²) in [4.78, 5) is 32.0. The topological polar surface area (TPSA) is 111 Å². The van der Waals surface area contributed by atoms with Crippen LogP contribution in [0.15, 0.2) is 65.7 Å². The first kappa shape index (κ1) is 19.1. The van der Waals surface area contributed by atoms with Crippen molar-refractivity contribution in [1.82, 2.24) is 19.6 Å². The number of H-pyrrole nitrogens is 1. The summed E-state index contributed by atoms with van der Waals surface area (Å²) in [6, 6.07) is 13.8. The third-order valence-electron chi connectivity index (χ3n) is 4.04. The Bertz CT molecular complexity index is 1240. The zero-order valence-corrected chi connectivity index (χ0v) is 15.5. The Morgan fingerprint density at radius 1 is 1.13 bits per heavy atom. The molecular formula is C20H16FN5O4. The summed E-state index contributed by atoms with van der Waals surface area (Å²) >= 11 is 0. The van der Waals surface area contributed by atoms with Gasteiger partial charge in [-0.2, -0.15) is 4.52 Å². The second kappa shape index (κ2) is 8.43. The fourth-order valence-corrected chi connectivity index (χ4v) is 2.64. The number of nitrogens with one attached hydrogen (secondary N) is 2. The SMILES string of the molecule is O=C(COc1ccccc1F)Nc1ccc(OCc2cc(=O)n3[nH]cnc3n2)cc1. The van der Waals surface area contributed by atoms with E-state index in [1.54, 1.807) is 30.3 Å². The van der Waals surface area contributed by atoms with Crippen LogP contribution in [0.1, 0.15) is 5.69 Å². The quantitative estimate of drug-likeness (QED) is 0.484. The van der Waals surface area contributed by atoms with Gasteiger partial charge in [0.1, 0.15) is 18.7 Å². The number of aromatic amines is 1. The van der Waals surface area contributed by atoms with E-state index >= 15 is 0 Å². The number of anilines is 1. The minimum Gasteiger partial charge on any atom is -0.487 e. The van der Waals surface area contributed by atoms with E-state index in [4.69, 9.17) is 9.47 Å². The number of nitrogens with zero attached hydrogens (tertiary/aromatic N) is 3. The fraction of sp³-hybridized carbons (Fsp3) is 0.100. The lowest BCUT2D eigenvalue weighted by Crippen LogP contribution is -2.20. The van der Waals surface area contributed by atoms with Crippen LogP contribution in [0.5, 0.6) is 11.5 Å². The van der Waals surface area contributed by atoms with Crippen LogP contribution in [0.4, 0.5) is 10.1 Å². The minimum atomic E-state index is -0.532. The highest BCUT2D eigenvalue weighted by atomic mass is 19.1. The molecule has 4 aromatic rings. The minimum absolute atomic E-state index is 0.0117. The lowest BCUT2D eigenvalue weighted by atomic mass is 10.3. The second-order valence-corrected chi connectivity index (χ2v) is 6.19. The van der Waals surface area contributed by atoms with Crippen molar-refractivity contribution in [2.75, 3.05) is 11.9 Å². The molecule has 0 aliphatic carbocycles. The predicted molar refractivity (Wildman–Crippen MR) is 105 cm³/mol. The molecule has 10 heteroatoms. The van der Waals surface area contributed by atoms with E-state index in [9.17, 15) is 14.0 Å². The van der Waals surface area contributed by atoms with Crippen molar-refractivity contribution in [3.05, 3.63) is 82.8 Å². The summed E-state index contributed by atoms with van der Waals surface area (Å²) in [5.74, 6) is -0.159. The molecule has 2 aromatic carbocycles. The van der Waals surface area contributed by atoms with Crippen LogP contribution in [0.2, 0.25) is 0 Å². The third kappa shape index (κ3) is 4.43. The molecule has 0 unspecified atom stereocenters. The summed E-state index contributed by atoms with van der Waals surface area (Å²) in [6.07, 6.45) is 1.38. The largest absolute Gasteiger partial charge is 0.487 e. The molecule has 0 bridgehead atoms. The number of halogens is 1. The number of benzene rings is 2. The van der Waals surface area contributed by atoms with Gasteiger partial charge in [0.25, 0.3) is 17.2 Å². The zero-order valence-electron chi connectivity index (χ0n) is 15.5. The molecule has 0 aliphatic rings. The molecule has 4 rings (SSSR count). The van der Waals surface area contributed by atoms with E-state index in [1.807, 2.05) is 0 Å². The Hall–Kier alpha value is -4.21. The van der Waals surface area contributed by atoms with Crippen molar-refractivity contribution in [3.63, 3.8) is 0 Å². The molecule has 1 amide bonds. The average molecular weight is 409 g/mol. The number of amides is 1. The molecule has 0 spiro atoms. The number of rotatable bonds is 7. The summed E-state index contributed by atoms with van der Waals surface area (Å²) in [5.41, 5.74) is 0.681. The van der Waals surface area contributed by atoms with Crippen LogP contribution >= 0.6 is 0 Å². The van der Waals surface area contributed by atoms with Crippen LogP contribution in [-0.4, -0.2) is 32.1 Å². The molecule has 2 N–H and O–H groups in total. The van der Waals surface area contributed by atoms with Crippen molar-refractivity contribution in [1.29, 1.82) is 0 Å². The molecular weight excluding hydrogens is 393 g/mol. The van der Waals surface area contributed by atoms with E-state index in [0.717, 1.165) is 0 Å². The molecule has 2 aromatic heterocycles. The van der Waals surface area contributed by atoms with Crippen LogP contribution in [0, 0.1) is 5.82 Å². The average Bonchev–Trinajstić information content (AvgIpc) is 3.22. The van der Waals surface area contributed by atoms with Crippen molar-refractivity contribution in [2.45, 2.75) is 6.61 Å². The molecule has 2 heterocycles. The van der Waals surface area contributed by atoms with Gasteiger partial charge in [0.15, 0.2) is 18.2 Å². The molecule has 0 radical (unpaired) electrons. The van der Waals surface area contributed by atoms with Gasteiger partial charge in [0.2, 0.25) is 0 Å². The molecule has 0 atom stereocenters. The van der Waals surface area contributed by atoms with Gasteiger partial charge in [-0.3, -0.25) is 14.7 Å². The number of carbonyl (C=O) groups excluding carboxylic acids is 1. The standard InChI is InChI=1S/C20H16FN5O4/c21-16-3-1-2-4-17(16)30-11-18(27)24-13-5-7-15(8-6-13)29-10-14-9-19(28)26-20(25-14)22-12-23-26/h1-9,12H,10-11H2,(H,24,27)(H,22,23,25). The third-order valence-corrected chi connectivity index (χ3v) is 4.04. The van der Waals surface area contributed by atoms with Crippen molar-refractivity contribution in [2.24, 2.45) is 0 Å². The van der Waals surface area contributed by atoms with Gasteiger partial charge in [-0.15, -0.1) is 0 Å². The predicted octanol–water partition coefficient (Wildman–Crippen LogP) is 2.15. The van der Waals surface area contributed by atoms with Gasteiger partial charge < -0.3 is 14.8 Å². The van der Waals surface area contributed by atoms with Crippen molar-refractivity contribution in [3.8, 4) is 11.5 Å². The Morgan fingerprint density at radius 2 is 1.93 bits per heavy atom. The summed E-state index contributed by atoms with van der Waals surface area (Å²) < 4.78 is 25.5. The molecule has 0 saturated carbocycles. The second-order valence-electron chi connectivity index (χ2n) is 6.19. The highest BCUT2D eigenvalue weighted by Crippen LogP contribution is 2.18. The van der Waals surface area contributed by atoms with Crippen molar-refractivity contribution >= 4 is 17.4 Å². The molecule has 0 aliphatic heterocycles. The lowest BCUT2D eigenvalue weighted by Gasteiger charge is -2.09. The number of fused-ring (bicyclic) bond motifs is 1. The van der Waals surface area contributed by atoms with Gasteiger partial charge in [-0.25, -0.2) is 14.4 Å². The van der Waals surface area contributed by atoms with Crippen LogP contribution in [0.25, 0.3) is 5.78 Å². The van der Waals surface area contributed by atoms with Gasteiger partial charge >= 0.3 is 0 Å². The smallest absolute Gasteiger partial charge is 0.274 e. The first-order valence-electron chi connectivity index (χ1n) is 8.90. The highest BCUT2D eigenvalue weighted by Gasteiger charge is 2.08. The first-order chi connectivity index (χ1) is 14.6. The van der Waals surface area contributed by atoms with Gasteiger partial charge in [0, 0.05) is 11.8 Å². The Kier molecular flexibility index (Phi) is 5.37. The monoisotopic (exact) mass is 409 g/mol. The van der Waals surface area contributed by atoms with Gasteiger partial charge in [-0.05, 0) is 36.4 Å². The molecule has 152 valence electrons. The van der Waals surface area contributed by atoms with E-state index in [1.165, 1.54) is 35.1 Å². The number of hydrogen-bond donors (Lipinski definition) is 2. The van der Waals surface area contributed by atoms with E-state index < -0.39 is 11.7 Å². The highest BCUT2D eigenvalue weighted by molar-refractivity contribution is 5.91. The Morgan fingerprint density at radius 3 is 2.73 bits per heavy atom. The maximum atomic E-state index is 13.5. The maximum Gasteiger partial charge on any atom is 0.274 e. The maximum absolute atomic E-state index is 13.5.